The van der Waals surface area contributed by atoms with Crippen LogP contribution in [-0.2, 0) is 9.53 Å². The molecular formula is C15H18ClFN2O3. The number of hydrogen-bond donors (Lipinski definition) is 1. The van der Waals surface area contributed by atoms with Crippen molar-refractivity contribution in [3.8, 4) is 0 Å². The lowest BCUT2D eigenvalue weighted by Crippen LogP contribution is -2.36. The van der Waals surface area contributed by atoms with E-state index in [9.17, 15) is 14.0 Å². The zero-order valence-corrected chi connectivity index (χ0v) is 13.2. The molecule has 0 bridgehead atoms. The van der Waals surface area contributed by atoms with E-state index < -0.39 is 11.9 Å². The number of carbonyl (C=O) groups excluding carboxylic acids is 2. The number of rotatable bonds is 4. The lowest BCUT2D eigenvalue weighted by molar-refractivity contribution is -0.140. The van der Waals surface area contributed by atoms with Crippen LogP contribution in [0, 0.1) is 5.82 Å². The van der Waals surface area contributed by atoms with Gasteiger partial charge in [-0.25, -0.2) is 4.39 Å². The predicted molar refractivity (Wildman–Crippen MR) is 80.3 cm³/mol. The first-order valence-corrected chi connectivity index (χ1v) is 7.36. The standard InChI is InChI=1S/C15H18ClFN2O3/c1-19(2)15(21)13-6-4-10(22-13)8-18-14(20)9-3-5-12(17)11(16)7-9/h3,5,7,10,13H,4,6,8H2,1-2H3,(H,18,20)/t10-,13+/m0/s1. The summed E-state index contributed by atoms with van der Waals surface area (Å²) < 4.78 is 18.7. The quantitative estimate of drug-likeness (QED) is 0.917. The first kappa shape index (κ1) is 16.7. The molecule has 1 aliphatic heterocycles. The van der Waals surface area contributed by atoms with E-state index in [1.54, 1.807) is 14.1 Å². The van der Waals surface area contributed by atoms with Crippen LogP contribution in [0.15, 0.2) is 18.2 Å². The largest absolute Gasteiger partial charge is 0.363 e. The zero-order valence-electron chi connectivity index (χ0n) is 12.4. The minimum atomic E-state index is -0.567. The number of benzene rings is 1. The van der Waals surface area contributed by atoms with Gasteiger partial charge in [-0.1, -0.05) is 11.6 Å². The summed E-state index contributed by atoms with van der Waals surface area (Å²) in [5, 5.41) is 2.61. The third-order valence-corrected chi connectivity index (χ3v) is 3.79. The van der Waals surface area contributed by atoms with Crippen molar-refractivity contribution in [2.24, 2.45) is 0 Å². The highest BCUT2D eigenvalue weighted by Gasteiger charge is 2.31. The Labute approximate surface area is 133 Å². The number of halogens is 2. The summed E-state index contributed by atoms with van der Waals surface area (Å²) in [4.78, 5) is 25.2. The van der Waals surface area contributed by atoms with E-state index in [0.29, 0.717) is 19.4 Å². The van der Waals surface area contributed by atoms with Gasteiger partial charge in [0, 0.05) is 26.2 Å². The average Bonchev–Trinajstić information content (AvgIpc) is 2.95. The molecule has 1 N–H and O–H groups in total. The summed E-state index contributed by atoms with van der Waals surface area (Å²) in [5.41, 5.74) is 0.283. The molecule has 0 radical (unpaired) electrons. The van der Waals surface area contributed by atoms with Crippen molar-refractivity contribution >= 4 is 23.4 Å². The Morgan fingerprint density at radius 2 is 2.14 bits per heavy atom. The van der Waals surface area contributed by atoms with E-state index in [1.165, 1.54) is 17.0 Å². The Kier molecular flexibility index (Phi) is 5.37. The van der Waals surface area contributed by atoms with E-state index in [1.807, 2.05) is 0 Å². The molecule has 0 spiro atoms. The number of nitrogens with one attached hydrogen (secondary N) is 1. The molecule has 1 saturated heterocycles. The average molecular weight is 329 g/mol. The van der Waals surface area contributed by atoms with Crippen LogP contribution in [0.3, 0.4) is 0 Å². The van der Waals surface area contributed by atoms with Gasteiger partial charge in [-0.15, -0.1) is 0 Å². The van der Waals surface area contributed by atoms with Crippen LogP contribution in [0.4, 0.5) is 4.39 Å². The predicted octanol–water partition coefficient (Wildman–Crippen LogP) is 1.84. The van der Waals surface area contributed by atoms with E-state index in [0.717, 1.165) is 6.07 Å². The first-order chi connectivity index (χ1) is 10.4. The molecule has 1 aromatic rings. The van der Waals surface area contributed by atoms with Crippen LogP contribution in [0.25, 0.3) is 0 Å². The van der Waals surface area contributed by atoms with Gasteiger partial charge in [0.15, 0.2) is 0 Å². The van der Waals surface area contributed by atoms with Crippen LogP contribution in [-0.4, -0.2) is 49.6 Å². The summed E-state index contributed by atoms with van der Waals surface area (Å²) in [7, 11) is 3.36. The minimum Gasteiger partial charge on any atom is -0.363 e. The Morgan fingerprint density at radius 3 is 2.77 bits per heavy atom. The van der Waals surface area contributed by atoms with Crippen LogP contribution in [0.2, 0.25) is 5.02 Å². The Balaban J connectivity index is 1.85. The highest BCUT2D eigenvalue weighted by Crippen LogP contribution is 2.21. The molecule has 1 aliphatic rings. The van der Waals surface area contributed by atoms with Gasteiger partial charge in [0.2, 0.25) is 0 Å². The number of hydrogen-bond acceptors (Lipinski definition) is 3. The molecule has 2 amide bonds. The lowest BCUT2D eigenvalue weighted by Gasteiger charge is -2.17. The molecular weight excluding hydrogens is 311 g/mol. The molecule has 1 heterocycles. The van der Waals surface area contributed by atoms with Gasteiger partial charge in [-0.3, -0.25) is 9.59 Å². The van der Waals surface area contributed by atoms with E-state index in [4.69, 9.17) is 16.3 Å². The molecule has 0 unspecified atom stereocenters. The van der Waals surface area contributed by atoms with Gasteiger partial charge >= 0.3 is 0 Å². The van der Waals surface area contributed by atoms with E-state index in [-0.39, 0.29) is 28.5 Å². The molecule has 2 rings (SSSR count). The van der Waals surface area contributed by atoms with Gasteiger partial charge in [0.25, 0.3) is 11.8 Å². The minimum absolute atomic E-state index is 0.0702. The molecule has 120 valence electrons. The molecule has 0 saturated carbocycles. The second-order valence-corrected chi connectivity index (χ2v) is 5.80. The van der Waals surface area contributed by atoms with Crippen molar-refractivity contribution in [3.63, 3.8) is 0 Å². The Hall–Kier alpha value is -1.66. The van der Waals surface area contributed by atoms with E-state index >= 15 is 0 Å². The second kappa shape index (κ2) is 7.07. The van der Waals surface area contributed by atoms with Gasteiger partial charge in [0.05, 0.1) is 11.1 Å². The molecule has 5 nitrogen and oxygen atoms in total. The summed E-state index contributed by atoms with van der Waals surface area (Å²) in [6.45, 7) is 0.297. The van der Waals surface area contributed by atoms with Gasteiger partial charge in [-0.2, -0.15) is 0 Å². The van der Waals surface area contributed by atoms with Crippen molar-refractivity contribution < 1.29 is 18.7 Å². The number of ether oxygens (including phenoxy) is 1. The molecule has 1 aromatic carbocycles. The van der Waals surface area contributed by atoms with Crippen molar-refractivity contribution in [2.75, 3.05) is 20.6 Å². The van der Waals surface area contributed by atoms with Crippen molar-refractivity contribution in [1.29, 1.82) is 0 Å². The van der Waals surface area contributed by atoms with Crippen LogP contribution < -0.4 is 5.32 Å². The SMILES string of the molecule is CN(C)C(=O)[C@H]1CC[C@@H](CNC(=O)c2ccc(F)c(Cl)c2)O1. The molecule has 7 heteroatoms. The first-order valence-electron chi connectivity index (χ1n) is 6.98. The molecule has 22 heavy (non-hydrogen) atoms. The van der Waals surface area contributed by atoms with Crippen molar-refractivity contribution in [3.05, 3.63) is 34.6 Å². The topological polar surface area (TPSA) is 58.6 Å². The fraction of sp³-hybridized carbons (Fsp3) is 0.467. The zero-order chi connectivity index (χ0) is 16.3. The number of carbonyl (C=O) groups is 2. The smallest absolute Gasteiger partial charge is 0.251 e. The third kappa shape index (κ3) is 3.96. The van der Waals surface area contributed by atoms with E-state index in [2.05, 4.69) is 5.32 Å². The lowest BCUT2D eigenvalue weighted by atomic mass is 10.1. The molecule has 0 aromatic heterocycles. The van der Waals surface area contributed by atoms with Crippen LogP contribution >= 0.6 is 11.6 Å². The fourth-order valence-corrected chi connectivity index (χ4v) is 2.45. The number of nitrogens with zero attached hydrogens (tertiary/aromatic N) is 1. The third-order valence-electron chi connectivity index (χ3n) is 3.50. The maximum Gasteiger partial charge on any atom is 0.251 e. The van der Waals surface area contributed by atoms with Gasteiger partial charge in [0.1, 0.15) is 11.9 Å². The van der Waals surface area contributed by atoms with Crippen LogP contribution in [0.5, 0.6) is 0 Å². The maximum absolute atomic E-state index is 13.1. The highest BCUT2D eigenvalue weighted by atomic mass is 35.5. The Bertz CT molecular complexity index is 580. The van der Waals surface area contributed by atoms with Crippen LogP contribution in [0.1, 0.15) is 23.2 Å². The van der Waals surface area contributed by atoms with Gasteiger partial charge in [-0.05, 0) is 31.0 Å². The maximum atomic E-state index is 13.1. The number of likely N-dealkylation sites (N-methyl/N-ethyl adjacent to an activating group) is 1. The van der Waals surface area contributed by atoms with Gasteiger partial charge < -0.3 is 15.0 Å². The molecule has 0 aliphatic carbocycles. The Morgan fingerprint density at radius 1 is 1.41 bits per heavy atom. The summed E-state index contributed by atoms with van der Waals surface area (Å²) in [5.74, 6) is -0.991. The van der Waals surface area contributed by atoms with Crippen molar-refractivity contribution in [2.45, 2.75) is 25.0 Å². The summed E-state index contributed by atoms with van der Waals surface area (Å²) in [6, 6.07) is 3.79. The second-order valence-electron chi connectivity index (χ2n) is 5.40. The fourth-order valence-electron chi connectivity index (χ4n) is 2.27. The summed E-state index contributed by atoms with van der Waals surface area (Å²) in [6.07, 6.45) is 0.695. The normalized spacial score (nSPS) is 20.7. The number of amides is 2. The summed E-state index contributed by atoms with van der Waals surface area (Å²) >= 11 is 5.65. The molecule has 1 fully saturated rings. The monoisotopic (exact) mass is 328 g/mol. The molecule has 2 atom stereocenters. The highest BCUT2D eigenvalue weighted by molar-refractivity contribution is 6.31. The van der Waals surface area contributed by atoms with Crippen molar-refractivity contribution in [1.82, 2.24) is 10.2 Å².